The van der Waals surface area contributed by atoms with Crippen LogP contribution in [0.4, 0.5) is 38.3 Å². The third-order valence-corrected chi connectivity index (χ3v) is 7.59. The first-order valence-corrected chi connectivity index (χ1v) is 13.6. The number of amides is 3. The van der Waals surface area contributed by atoms with Crippen molar-refractivity contribution in [3.8, 4) is 0 Å². The molecule has 0 bridgehead atoms. The number of carbonyl (C=O) groups is 3. The van der Waals surface area contributed by atoms with Gasteiger partial charge in [0.25, 0.3) is 11.8 Å². The van der Waals surface area contributed by atoms with E-state index in [1.165, 1.54) is 29.2 Å². The van der Waals surface area contributed by atoms with Crippen molar-refractivity contribution in [2.45, 2.75) is 43.2 Å². The van der Waals surface area contributed by atoms with Crippen LogP contribution in [0.3, 0.4) is 0 Å². The number of carboxylic acid groups (broad SMARTS) is 1. The smallest absolute Gasteiger partial charge is 0.435 e. The minimum Gasteiger partial charge on any atom is -0.465 e. The highest BCUT2D eigenvalue weighted by molar-refractivity contribution is 7.93. The van der Waals surface area contributed by atoms with Crippen molar-refractivity contribution in [1.29, 1.82) is 0 Å². The SMILES string of the molecule is Cc1c(C(F)(F)F)nnc(N2CCCC(F)(F)CC2)c1C(=O)Nc1cccc(S(C)(=O)=NC(=O)CNC(=O)O)c1. The molecule has 218 valence electrons. The number of rotatable bonds is 6. The number of hydrogen-bond acceptors (Lipinski definition) is 7. The van der Waals surface area contributed by atoms with Crippen LogP contribution in [0.2, 0.25) is 0 Å². The summed E-state index contributed by atoms with van der Waals surface area (Å²) in [6.07, 6.45) is -6.35. The number of anilines is 2. The predicted octanol–water partition coefficient (Wildman–Crippen LogP) is 3.93. The van der Waals surface area contributed by atoms with E-state index in [9.17, 15) is 40.5 Å². The Morgan fingerprint density at radius 3 is 2.52 bits per heavy atom. The van der Waals surface area contributed by atoms with Gasteiger partial charge in [-0.3, -0.25) is 9.59 Å². The molecule has 1 atom stereocenters. The highest BCUT2D eigenvalue weighted by Gasteiger charge is 2.39. The molecule has 1 aromatic carbocycles. The quantitative estimate of drug-likeness (QED) is 0.427. The maximum atomic E-state index is 13.9. The van der Waals surface area contributed by atoms with Crippen molar-refractivity contribution in [2.75, 3.05) is 36.1 Å². The van der Waals surface area contributed by atoms with Crippen LogP contribution in [0.5, 0.6) is 0 Å². The summed E-state index contributed by atoms with van der Waals surface area (Å²) in [5.74, 6) is -5.34. The topological polar surface area (TPSA) is 154 Å². The molecular formula is C23H25F5N6O5S. The summed E-state index contributed by atoms with van der Waals surface area (Å²) in [6, 6.07) is 5.19. The van der Waals surface area contributed by atoms with E-state index in [0.29, 0.717) is 0 Å². The van der Waals surface area contributed by atoms with Gasteiger partial charge in [-0.05, 0) is 37.1 Å². The fourth-order valence-electron chi connectivity index (χ4n) is 3.98. The molecular weight excluding hydrogens is 567 g/mol. The number of benzene rings is 1. The lowest BCUT2D eigenvalue weighted by atomic mass is 10.1. The van der Waals surface area contributed by atoms with Crippen molar-refractivity contribution >= 4 is 39.1 Å². The van der Waals surface area contributed by atoms with Crippen LogP contribution in [0, 0.1) is 6.92 Å². The molecule has 1 aliphatic heterocycles. The van der Waals surface area contributed by atoms with Gasteiger partial charge in [0.2, 0.25) is 5.92 Å². The van der Waals surface area contributed by atoms with Crippen LogP contribution >= 0.6 is 0 Å². The Kier molecular flexibility index (Phi) is 8.96. The van der Waals surface area contributed by atoms with E-state index in [0.717, 1.165) is 13.2 Å². The fraction of sp³-hybridized carbons (Fsp3) is 0.435. The Bertz CT molecular complexity index is 1440. The molecule has 1 aromatic heterocycles. The molecule has 0 saturated carbocycles. The number of alkyl halides is 5. The molecule has 3 amide bonds. The van der Waals surface area contributed by atoms with Gasteiger partial charge in [-0.1, -0.05) is 6.07 Å². The number of nitrogens with one attached hydrogen (secondary N) is 2. The first-order chi connectivity index (χ1) is 18.5. The van der Waals surface area contributed by atoms with Crippen molar-refractivity contribution in [3.05, 3.63) is 41.1 Å². The Hall–Kier alpha value is -3.89. The Balaban J connectivity index is 1.98. The zero-order chi connectivity index (χ0) is 29.9. The summed E-state index contributed by atoms with van der Waals surface area (Å²) in [5, 5.41) is 19.6. The van der Waals surface area contributed by atoms with Gasteiger partial charge in [-0.2, -0.15) is 17.5 Å². The first kappa shape index (κ1) is 30.6. The number of hydrogen-bond donors (Lipinski definition) is 3. The number of aromatic nitrogens is 2. The second kappa shape index (κ2) is 11.7. The lowest BCUT2D eigenvalue weighted by molar-refractivity contribution is -0.142. The lowest BCUT2D eigenvalue weighted by Gasteiger charge is -2.25. The van der Waals surface area contributed by atoms with Crippen molar-refractivity contribution in [2.24, 2.45) is 4.36 Å². The fourth-order valence-corrected chi connectivity index (χ4v) is 5.22. The van der Waals surface area contributed by atoms with Gasteiger partial charge in [-0.25, -0.2) is 17.8 Å². The molecule has 1 unspecified atom stereocenters. The van der Waals surface area contributed by atoms with Gasteiger partial charge in [0.15, 0.2) is 11.5 Å². The average molecular weight is 593 g/mol. The normalized spacial score (nSPS) is 16.8. The molecule has 40 heavy (non-hydrogen) atoms. The van der Waals surface area contributed by atoms with Crippen molar-refractivity contribution < 1.29 is 45.7 Å². The minimum atomic E-state index is -4.95. The second-order valence-corrected chi connectivity index (χ2v) is 11.3. The molecule has 1 fully saturated rings. The minimum absolute atomic E-state index is 0.00686. The summed E-state index contributed by atoms with van der Waals surface area (Å²) in [4.78, 5) is 37.0. The zero-order valence-corrected chi connectivity index (χ0v) is 22.0. The van der Waals surface area contributed by atoms with Gasteiger partial charge in [0.1, 0.15) is 6.54 Å². The molecule has 0 spiro atoms. The molecule has 0 radical (unpaired) electrons. The van der Waals surface area contributed by atoms with E-state index in [1.54, 1.807) is 5.32 Å². The van der Waals surface area contributed by atoms with Crippen LogP contribution in [0.1, 0.15) is 40.9 Å². The molecule has 2 aromatic rings. The molecule has 11 nitrogen and oxygen atoms in total. The molecule has 3 rings (SSSR count). The molecule has 2 heterocycles. The van der Waals surface area contributed by atoms with E-state index in [2.05, 4.69) is 19.9 Å². The highest BCUT2D eigenvalue weighted by atomic mass is 32.2. The van der Waals surface area contributed by atoms with E-state index in [-0.39, 0.29) is 35.9 Å². The van der Waals surface area contributed by atoms with Gasteiger partial charge in [-0.15, -0.1) is 10.2 Å². The predicted molar refractivity (Wildman–Crippen MR) is 133 cm³/mol. The highest BCUT2D eigenvalue weighted by Crippen LogP contribution is 2.36. The molecule has 17 heteroatoms. The van der Waals surface area contributed by atoms with Gasteiger partial charge >= 0.3 is 12.3 Å². The monoisotopic (exact) mass is 592 g/mol. The Labute approximate surface area is 225 Å². The summed E-state index contributed by atoms with van der Waals surface area (Å²) >= 11 is 0. The number of nitrogens with zero attached hydrogens (tertiary/aromatic N) is 4. The Morgan fingerprint density at radius 1 is 1.18 bits per heavy atom. The zero-order valence-electron chi connectivity index (χ0n) is 21.2. The summed E-state index contributed by atoms with van der Waals surface area (Å²) in [6.45, 7) is 0.0341. The van der Waals surface area contributed by atoms with E-state index in [4.69, 9.17) is 5.11 Å². The third kappa shape index (κ3) is 7.61. The van der Waals surface area contributed by atoms with Crippen molar-refractivity contribution in [3.63, 3.8) is 0 Å². The van der Waals surface area contributed by atoms with Gasteiger partial charge in [0.05, 0.1) is 15.3 Å². The lowest BCUT2D eigenvalue weighted by Crippen LogP contribution is -2.31. The molecule has 3 N–H and O–H groups in total. The summed E-state index contributed by atoms with van der Waals surface area (Å²) < 4.78 is 85.2. The second-order valence-electron chi connectivity index (χ2n) is 8.99. The largest absolute Gasteiger partial charge is 0.465 e. The molecule has 1 aliphatic rings. The van der Waals surface area contributed by atoms with Crippen molar-refractivity contribution in [1.82, 2.24) is 15.5 Å². The third-order valence-electron chi connectivity index (χ3n) is 5.91. The first-order valence-electron chi connectivity index (χ1n) is 11.7. The Morgan fingerprint density at radius 2 is 1.88 bits per heavy atom. The average Bonchev–Trinajstić information content (AvgIpc) is 3.01. The van der Waals surface area contributed by atoms with Crippen LogP contribution in [-0.4, -0.2) is 69.2 Å². The van der Waals surface area contributed by atoms with E-state index < -0.39 is 75.9 Å². The van der Waals surface area contributed by atoms with Crippen LogP contribution < -0.4 is 15.5 Å². The molecule has 1 saturated heterocycles. The van der Waals surface area contributed by atoms with Crippen LogP contribution in [0.25, 0.3) is 0 Å². The standard InChI is InChI=1S/C23H25F5N6O5S/c1-13-17(19(32-31-18(13)23(26,27)28)34-9-4-7-22(24,25)8-10-34)20(36)30-14-5-3-6-15(11-14)40(2,39)33-16(35)12-29-21(37)38/h3,5-6,11,29H,4,7-10,12H2,1-2H3,(H,30,36)(H,37,38). The number of halogens is 5. The van der Waals surface area contributed by atoms with E-state index >= 15 is 0 Å². The number of carbonyl (C=O) groups excluding carboxylic acids is 2. The maximum Gasteiger partial charge on any atom is 0.435 e. The molecule has 0 aliphatic carbocycles. The van der Waals surface area contributed by atoms with Crippen LogP contribution in [0.15, 0.2) is 33.5 Å². The summed E-state index contributed by atoms with van der Waals surface area (Å²) in [5.41, 5.74) is -2.52. The van der Waals surface area contributed by atoms with E-state index in [1.807, 2.05) is 0 Å². The van der Waals surface area contributed by atoms with Gasteiger partial charge < -0.3 is 20.6 Å². The summed E-state index contributed by atoms with van der Waals surface area (Å²) in [7, 11) is -3.41. The van der Waals surface area contributed by atoms with Gasteiger partial charge in [0, 0.05) is 42.8 Å². The van der Waals surface area contributed by atoms with Crippen LogP contribution in [-0.2, 0) is 20.7 Å². The maximum absolute atomic E-state index is 13.9.